The van der Waals surface area contributed by atoms with Crippen LogP contribution in [0.25, 0.3) is 0 Å². The van der Waals surface area contributed by atoms with E-state index in [1.807, 2.05) is 44.2 Å². The van der Waals surface area contributed by atoms with Gasteiger partial charge in [0.15, 0.2) is 11.5 Å². The van der Waals surface area contributed by atoms with Crippen LogP contribution in [0.3, 0.4) is 0 Å². The fourth-order valence-electron chi connectivity index (χ4n) is 3.97. The molecule has 0 aliphatic carbocycles. The van der Waals surface area contributed by atoms with E-state index in [1.165, 1.54) is 10.5 Å². The molecule has 1 atom stereocenters. The van der Waals surface area contributed by atoms with Gasteiger partial charge >= 0.3 is 0 Å². The largest absolute Gasteiger partial charge is 0.487 e. The van der Waals surface area contributed by atoms with Gasteiger partial charge in [0.1, 0.15) is 11.4 Å². The summed E-state index contributed by atoms with van der Waals surface area (Å²) in [6.45, 7) is 3.96. The summed E-state index contributed by atoms with van der Waals surface area (Å²) < 4.78 is 6.15. The molecule has 0 saturated heterocycles. The third-order valence-corrected chi connectivity index (χ3v) is 5.12. The van der Waals surface area contributed by atoms with Crippen LogP contribution >= 0.6 is 0 Å². The second kappa shape index (κ2) is 5.59. The lowest BCUT2D eigenvalue weighted by Gasteiger charge is -2.41. The highest BCUT2D eigenvalue weighted by atomic mass is 16.5. The number of carbonyl (C=O) groups excluding carboxylic acids is 1. The number of amides is 1. The van der Waals surface area contributed by atoms with Crippen molar-refractivity contribution in [2.45, 2.75) is 37.8 Å². The zero-order valence-electron chi connectivity index (χ0n) is 15.3. The smallest absolute Gasteiger partial charge is 0.261 e. The Morgan fingerprint density at radius 3 is 2.54 bits per heavy atom. The van der Waals surface area contributed by atoms with Crippen LogP contribution in [-0.2, 0) is 16.8 Å². The number of fused-ring (bicyclic) bond motifs is 2. The van der Waals surface area contributed by atoms with E-state index in [2.05, 4.69) is 23.2 Å². The van der Waals surface area contributed by atoms with E-state index < -0.39 is 11.1 Å². The first-order valence-electron chi connectivity index (χ1n) is 8.81. The number of carbonyl (C=O) groups is 1. The molecule has 1 amide bonds. The van der Waals surface area contributed by atoms with Gasteiger partial charge in [0, 0.05) is 19.0 Å². The maximum Gasteiger partial charge on any atom is 0.261 e. The van der Waals surface area contributed by atoms with E-state index in [-0.39, 0.29) is 11.9 Å². The summed E-state index contributed by atoms with van der Waals surface area (Å²) in [5, 5.41) is 0. The molecule has 0 fully saturated rings. The van der Waals surface area contributed by atoms with Gasteiger partial charge in [0.25, 0.3) is 5.91 Å². The highest BCUT2D eigenvalue weighted by molar-refractivity contribution is 6.07. The van der Waals surface area contributed by atoms with Gasteiger partial charge in [-0.1, -0.05) is 36.4 Å². The molecule has 2 aliphatic rings. The summed E-state index contributed by atoms with van der Waals surface area (Å²) in [6, 6.07) is 16.3. The number of hydrogen-bond acceptors (Lipinski definition) is 4. The van der Waals surface area contributed by atoms with Gasteiger partial charge in [-0.25, -0.2) is 4.99 Å². The van der Waals surface area contributed by atoms with Crippen LogP contribution in [0.5, 0.6) is 5.75 Å². The van der Waals surface area contributed by atoms with Gasteiger partial charge in [-0.3, -0.25) is 9.69 Å². The first-order chi connectivity index (χ1) is 12.3. The Hall–Kier alpha value is -2.82. The first-order valence-corrected chi connectivity index (χ1v) is 8.81. The second-order valence-corrected chi connectivity index (χ2v) is 7.73. The number of benzene rings is 2. The predicted octanol–water partition coefficient (Wildman–Crippen LogP) is 2.82. The van der Waals surface area contributed by atoms with Crippen LogP contribution in [0, 0.1) is 0 Å². The zero-order chi connectivity index (χ0) is 18.5. The number of likely N-dealkylation sites (N-methyl/N-ethyl adjacent to an activating group) is 1. The Kier molecular flexibility index (Phi) is 3.58. The van der Waals surface area contributed by atoms with Gasteiger partial charge in [-0.15, -0.1) is 0 Å². The van der Waals surface area contributed by atoms with E-state index in [0.717, 1.165) is 17.5 Å². The summed E-state index contributed by atoms with van der Waals surface area (Å²) in [5.74, 6) is 0.870. The normalized spacial score (nSPS) is 23.6. The highest BCUT2D eigenvalue weighted by Crippen LogP contribution is 2.49. The summed E-state index contributed by atoms with van der Waals surface area (Å²) >= 11 is 0. The van der Waals surface area contributed by atoms with Gasteiger partial charge < -0.3 is 10.5 Å². The minimum absolute atomic E-state index is 0.0931. The minimum Gasteiger partial charge on any atom is -0.487 e. The Morgan fingerprint density at radius 1 is 1.15 bits per heavy atom. The van der Waals surface area contributed by atoms with Gasteiger partial charge in [0.05, 0.1) is 0 Å². The molecule has 26 heavy (non-hydrogen) atoms. The molecule has 2 N–H and O–H groups in total. The zero-order valence-corrected chi connectivity index (χ0v) is 15.3. The van der Waals surface area contributed by atoms with Crippen LogP contribution in [0.4, 0.5) is 0 Å². The maximum absolute atomic E-state index is 13.1. The van der Waals surface area contributed by atoms with Gasteiger partial charge in [-0.2, -0.15) is 0 Å². The average molecular weight is 349 g/mol. The molecule has 1 unspecified atom stereocenters. The van der Waals surface area contributed by atoms with Crippen molar-refractivity contribution in [1.82, 2.24) is 4.90 Å². The van der Waals surface area contributed by atoms with Crippen LogP contribution in [0.15, 0.2) is 53.5 Å². The molecule has 134 valence electrons. The van der Waals surface area contributed by atoms with Crippen LogP contribution in [0.2, 0.25) is 0 Å². The van der Waals surface area contributed by atoms with Crippen LogP contribution in [-0.4, -0.2) is 29.4 Å². The lowest BCUT2D eigenvalue weighted by molar-refractivity contribution is -0.133. The maximum atomic E-state index is 13.1. The van der Waals surface area contributed by atoms with Gasteiger partial charge in [-0.05, 0) is 43.5 Å². The lowest BCUT2D eigenvalue weighted by Crippen LogP contribution is -2.49. The van der Waals surface area contributed by atoms with Crippen molar-refractivity contribution in [3.8, 4) is 5.75 Å². The summed E-state index contributed by atoms with van der Waals surface area (Å²) in [4.78, 5) is 19.1. The van der Waals surface area contributed by atoms with E-state index in [1.54, 1.807) is 7.05 Å². The Bertz CT molecular complexity index is 905. The Morgan fingerprint density at radius 2 is 1.88 bits per heavy atom. The number of rotatable bonds is 2. The quantitative estimate of drug-likeness (QED) is 0.906. The van der Waals surface area contributed by atoms with E-state index in [0.29, 0.717) is 12.2 Å². The molecule has 0 radical (unpaired) electrons. The molecule has 2 aromatic carbocycles. The molecule has 4 rings (SSSR count). The highest BCUT2D eigenvalue weighted by Gasteiger charge is 2.55. The number of hydrogen-bond donors (Lipinski definition) is 1. The lowest BCUT2D eigenvalue weighted by atomic mass is 9.77. The second-order valence-electron chi connectivity index (χ2n) is 7.73. The topological polar surface area (TPSA) is 67.9 Å². The third-order valence-electron chi connectivity index (χ3n) is 5.12. The molecule has 0 saturated carbocycles. The molecule has 0 aromatic heterocycles. The van der Waals surface area contributed by atoms with E-state index >= 15 is 0 Å². The monoisotopic (exact) mass is 349 g/mol. The third kappa shape index (κ3) is 2.55. The molecule has 2 aromatic rings. The molecule has 0 bridgehead atoms. The summed E-state index contributed by atoms with van der Waals surface area (Å²) in [6.07, 6.45) is 1.25. The fourth-order valence-corrected chi connectivity index (χ4v) is 3.97. The number of aliphatic imine (C=N–C) groups is 1. The standard InChI is InChI=1S/C21H23N3O2/c1-20(2)13-21(18(25)24(3)19(22)23-21)16-12-15(9-10-17(16)26-20)11-14-7-5-4-6-8-14/h4-10,12H,11,13H2,1-3H3,(H2,22,23). The van der Waals surface area contributed by atoms with Crippen molar-refractivity contribution in [3.63, 3.8) is 0 Å². The summed E-state index contributed by atoms with van der Waals surface area (Å²) in [7, 11) is 1.67. The number of guanidine groups is 1. The van der Waals surface area contributed by atoms with Crippen molar-refractivity contribution >= 4 is 11.9 Å². The Labute approximate surface area is 153 Å². The number of nitrogens with zero attached hydrogens (tertiary/aromatic N) is 2. The van der Waals surface area contributed by atoms with E-state index in [4.69, 9.17) is 10.5 Å². The van der Waals surface area contributed by atoms with Crippen molar-refractivity contribution in [3.05, 3.63) is 65.2 Å². The number of ether oxygens (including phenoxy) is 1. The first kappa shape index (κ1) is 16.6. The van der Waals surface area contributed by atoms with Crippen LogP contribution in [0.1, 0.15) is 37.0 Å². The van der Waals surface area contributed by atoms with Crippen molar-refractivity contribution in [1.29, 1.82) is 0 Å². The molecule has 2 heterocycles. The summed E-state index contributed by atoms with van der Waals surface area (Å²) in [5.41, 5.74) is 7.64. The van der Waals surface area contributed by atoms with E-state index in [9.17, 15) is 4.79 Å². The number of nitrogens with two attached hydrogens (primary N) is 1. The van der Waals surface area contributed by atoms with Crippen LogP contribution < -0.4 is 10.5 Å². The average Bonchev–Trinajstić information content (AvgIpc) is 2.80. The SMILES string of the molecule is CN1C(=O)C2(CC(C)(C)Oc3ccc(Cc4ccccc4)cc32)N=C1N. The van der Waals surface area contributed by atoms with Crippen molar-refractivity contribution in [2.75, 3.05) is 7.05 Å². The molecular formula is C21H23N3O2. The molecular weight excluding hydrogens is 326 g/mol. The Balaban J connectivity index is 1.82. The molecule has 2 aliphatic heterocycles. The predicted molar refractivity (Wildman–Crippen MR) is 101 cm³/mol. The minimum atomic E-state index is -0.997. The van der Waals surface area contributed by atoms with Crippen molar-refractivity contribution < 1.29 is 9.53 Å². The molecule has 5 nitrogen and oxygen atoms in total. The molecule has 1 spiro atoms. The fraction of sp³-hybridized carbons (Fsp3) is 0.333. The van der Waals surface area contributed by atoms with Crippen molar-refractivity contribution in [2.24, 2.45) is 10.7 Å². The van der Waals surface area contributed by atoms with Gasteiger partial charge in [0.2, 0.25) is 0 Å². The molecule has 5 heteroatoms.